The molecule has 0 unspecified atom stereocenters. The molecule has 1 nitrogen and oxygen atoms in total. The van der Waals surface area contributed by atoms with Crippen LogP contribution in [-0.4, -0.2) is 5.71 Å². The number of hydrogen-bond donors (Lipinski definition) is 0. The van der Waals surface area contributed by atoms with Crippen LogP contribution in [0.5, 0.6) is 0 Å². The summed E-state index contributed by atoms with van der Waals surface area (Å²) in [5.74, 6) is 0. The molecule has 0 aliphatic heterocycles. The Labute approximate surface area is 121 Å². The lowest BCUT2D eigenvalue weighted by molar-refractivity contribution is 1.00. The first-order chi connectivity index (χ1) is 9.79. The van der Waals surface area contributed by atoms with Crippen LogP contribution in [0.4, 0.5) is 0 Å². The zero-order valence-electron chi connectivity index (χ0n) is 12.0. The molecule has 0 aromatic heterocycles. The van der Waals surface area contributed by atoms with Crippen molar-refractivity contribution in [2.24, 2.45) is 4.99 Å². The van der Waals surface area contributed by atoms with Crippen molar-refractivity contribution in [3.05, 3.63) is 83.9 Å². The van der Waals surface area contributed by atoms with Gasteiger partial charge in [-0.25, -0.2) is 0 Å². The summed E-state index contributed by atoms with van der Waals surface area (Å²) in [7, 11) is 0. The molecule has 0 saturated heterocycles. The zero-order chi connectivity index (χ0) is 14.2. The molecular weight excluding hydrogens is 242 g/mol. The summed E-state index contributed by atoms with van der Waals surface area (Å²) in [6, 6.07) is 19.0. The molecule has 0 aliphatic carbocycles. The highest BCUT2D eigenvalue weighted by Gasteiger charge is 1.99. The molecule has 1 heteroatoms. The summed E-state index contributed by atoms with van der Waals surface area (Å²) in [4.78, 5) is 4.68. The Morgan fingerprint density at radius 1 is 1.05 bits per heavy atom. The van der Waals surface area contributed by atoms with Gasteiger partial charge in [-0.05, 0) is 42.5 Å². The average molecular weight is 263 g/mol. The Morgan fingerprint density at radius 2 is 1.80 bits per heavy atom. The summed E-state index contributed by atoms with van der Waals surface area (Å²) in [6.07, 6.45) is 4.02. The van der Waals surface area contributed by atoms with Crippen molar-refractivity contribution < 1.29 is 0 Å². The third kappa shape index (κ3) is 4.20. The first-order valence-electron chi connectivity index (χ1n) is 7.05. The van der Waals surface area contributed by atoms with Crippen molar-refractivity contribution >= 4 is 5.71 Å². The highest BCUT2D eigenvalue weighted by Crippen LogP contribution is 2.10. The molecule has 20 heavy (non-hydrogen) atoms. The Balaban J connectivity index is 2.08. The van der Waals surface area contributed by atoms with E-state index in [0.29, 0.717) is 0 Å². The highest BCUT2D eigenvalue weighted by atomic mass is 14.7. The number of aliphatic imine (C=N–C) groups is 1. The summed E-state index contributed by atoms with van der Waals surface area (Å²) in [5.41, 5.74) is 4.89. The van der Waals surface area contributed by atoms with Crippen LogP contribution in [0.25, 0.3) is 0 Å². The van der Waals surface area contributed by atoms with E-state index in [0.717, 1.165) is 25.1 Å². The van der Waals surface area contributed by atoms with Crippen LogP contribution in [0.3, 0.4) is 0 Å². The molecule has 0 aliphatic rings. The van der Waals surface area contributed by atoms with Gasteiger partial charge in [0.25, 0.3) is 0 Å². The van der Waals surface area contributed by atoms with Gasteiger partial charge in [0, 0.05) is 5.71 Å². The van der Waals surface area contributed by atoms with Crippen molar-refractivity contribution in [2.45, 2.75) is 26.3 Å². The van der Waals surface area contributed by atoms with Gasteiger partial charge in [-0.3, -0.25) is 4.99 Å². The summed E-state index contributed by atoms with van der Waals surface area (Å²) in [5, 5.41) is 0. The molecule has 102 valence electrons. The SMILES string of the molecule is C=CCCc1cccc(C(C)=NCc2ccccc2)c1. The number of allylic oxidation sites excluding steroid dienone is 1. The van der Waals surface area contributed by atoms with Crippen LogP contribution in [0.2, 0.25) is 0 Å². The van der Waals surface area contributed by atoms with Gasteiger partial charge in [0.1, 0.15) is 0 Å². The van der Waals surface area contributed by atoms with Crippen molar-refractivity contribution in [3.8, 4) is 0 Å². The second kappa shape index (κ2) is 7.44. The fraction of sp³-hybridized carbons (Fsp3) is 0.211. The van der Waals surface area contributed by atoms with Gasteiger partial charge in [0.05, 0.1) is 6.54 Å². The molecule has 0 N–H and O–H groups in total. The smallest absolute Gasteiger partial charge is 0.0643 e. The van der Waals surface area contributed by atoms with Gasteiger partial charge in [0.2, 0.25) is 0 Å². The molecule has 2 aromatic carbocycles. The predicted octanol–water partition coefficient (Wildman–Crippen LogP) is 4.81. The van der Waals surface area contributed by atoms with Gasteiger partial charge >= 0.3 is 0 Å². The third-order valence-corrected chi connectivity index (χ3v) is 3.32. The molecule has 0 amide bonds. The van der Waals surface area contributed by atoms with Crippen molar-refractivity contribution in [2.75, 3.05) is 0 Å². The van der Waals surface area contributed by atoms with Crippen molar-refractivity contribution in [1.29, 1.82) is 0 Å². The van der Waals surface area contributed by atoms with Crippen molar-refractivity contribution in [3.63, 3.8) is 0 Å². The maximum Gasteiger partial charge on any atom is 0.0643 e. The predicted molar refractivity (Wildman–Crippen MR) is 87.3 cm³/mol. The van der Waals surface area contributed by atoms with Gasteiger partial charge in [0.15, 0.2) is 0 Å². The quantitative estimate of drug-likeness (QED) is 0.523. The van der Waals surface area contributed by atoms with E-state index in [1.807, 2.05) is 12.1 Å². The fourth-order valence-corrected chi connectivity index (χ4v) is 2.11. The molecule has 0 radical (unpaired) electrons. The minimum atomic E-state index is 0.740. The summed E-state index contributed by atoms with van der Waals surface area (Å²) in [6.45, 7) is 6.59. The standard InChI is InChI=1S/C19H21N/c1-3-4-9-17-12-8-13-19(14-17)16(2)20-15-18-10-6-5-7-11-18/h3,5-8,10-14H,1,4,9,15H2,2H3. The Hall–Kier alpha value is -2.15. The maximum atomic E-state index is 4.68. The van der Waals surface area contributed by atoms with E-state index in [4.69, 9.17) is 0 Å². The van der Waals surface area contributed by atoms with E-state index in [9.17, 15) is 0 Å². The minimum absolute atomic E-state index is 0.740. The Morgan fingerprint density at radius 3 is 2.55 bits per heavy atom. The van der Waals surface area contributed by atoms with E-state index in [-0.39, 0.29) is 0 Å². The molecule has 0 bridgehead atoms. The van der Waals surface area contributed by atoms with Crippen LogP contribution < -0.4 is 0 Å². The molecule has 0 spiro atoms. The first kappa shape index (κ1) is 14.3. The molecular formula is C19H21N. The largest absolute Gasteiger partial charge is 0.285 e. The molecule has 0 fully saturated rings. The first-order valence-corrected chi connectivity index (χ1v) is 7.05. The van der Waals surface area contributed by atoms with E-state index >= 15 is 0 Å². The lowest BCUT2D eigenvalue weighted by Crippen LogP contribution is -1.97. The van der Waals surface area contributed by atoms with Crippen LogP contribution in [0.15, 0.2) is 72.2 Å². The fourth-order valence-electron chi connectivity index (χ4n) is 2.11. The lowest BCUT2D eigenvalue weighted by atomic mass is 10.0. The number of aryl methyl sites for hydroxylation is 1. The number of benzene rings is 2. The third-order valence-electron chi connectivity index (χ3n) is 3.32. The van der Waals surface area contributed by atoms with Crippen LogP contribution in [0.1, 0.15) is 30.0 Å². The van der Waals surface area contributed by atoms with E-state index in [1.165, 1.54) is 16.7 Å². The Kier molecular flexibility index (Phi) is 5.31. The van der Waals surface area contributed by atoms with Gasteiger partial charge in [-0.1, -0.05) is 54.6 Å². The number of rotatable bonds is 6. The molecule has 0 atom stereocenters. The molecule has 0 saturated carbocycles. The maximum absolute atomic E-state index is 4.68. The molecule has 2 aromatic rings. The number of nitrogens with zero attached hydrogens (tertiary/aromatic N) is 1. The van der Waals surface area contributed by atoms with E-state index in [1.54, 1.807) is 0 Å². The second-order valence-corrected chi connectivity index (χ2v) is 4.91. The topological polar surface area (TPSA) is 12.4 Å². The van der Waals surface area contributed by atoms with Gasteiger partial charge in [-0.15, -0.1) is 6.58 Å². The summed E-state index contributed by atoms with van der Waals surface area (Å²) < 4.78 is 0. The Bertz CT molecular complexity index is 582. The van der Waals surface area contributed by atoms with E-state index < -0.39 is 0 Å². The average Bonchev–Trinajstić information content (AvgIpc) is 2.52. The highest BCUT2D eigenvalue weighted by molar-refractivity contribution is 5.98. The zero-order valence-corrected chi connectivity index (χ0v) is 12.0. The van der Waals surface area contributed by atoms with Crippen LogP contribution >= 0.6 is 0 Å². The summed E-state index contributed by atoms with van der Waals surface area (Å²) >= 11 is 0. The van der Waals surface area contributed by atoms with E-state index in [2.05, 4.69) is 67.0 Å². The monoisotopic (exact) mass is 263 g/mol. The van der Waals surface area contributed by atoms with Crippen LogP contribution in [0, 0.1) is 0 Å². The lowest BCUT2D eigenvalue weighted by Gasteiger charge is -2.05. The molecule has 2 rings (SSSR count). The van der Waals surface area contributed by atoms with Gasteiger partial charge < -0.3 is 0 Å². The van der Waals surface area contributed by atoms with Crippen molar-refractivity contribution in [1.82, 2.24) is 0 Å². The normalized spacial score (nSPS) is 11.3. The second-order valence-electron chi connectivity index (χ2n) is 4.91. The number of hydrogen-bond acceptors (Lipinski definition) is 1. The van der Waals surface area contributed by atoms with Gasteiger partial charge in [-0.2, -0.15) is 0 Å². The van der Waals surface area contributed by atoms with Crippen LogP contribution in [-0.2, 0) is 13.0 Å². The minimum Gasteiger partial charge on any atom is -0.285 e. The molecule has 0 heterocycles.